The fourth-order valence-corrected chi connectivity index (χ4v) is 6.02. The van der Waals surface area contributed by atoms with Gasteiger partial charge in [-0.25, -0.2) is 0 Å². The monoisotopic (exact) mass is 452 g/mol. The average molecular weight is 453 g/mol. The predicted molar refractivity (Wildman–Crippen MR) is 126 cm³/mol. The molecule has 0 amide bonds. The molecule has 0 spiro atoms. The number of aromatic hydroxyl groups is 2. The van der Waals surface area contributed by atoms with E-state index in [1.165, 1.54) is 0 Å². The smallest absolute Gasteiger partial charge is 0.164 e. The summed E-state index contributed by atoms with van der Waals surface area (Å²) in [6, 6.07) is 7.31. The first kappa shape index (κ1) is 22.1. The van der Waals surface area contributed by atoms with Crippen molar-refractivity contribution in [2.24, 2.45) is 11.3 Å². The Kier molecular flexibility index (Phi) is 5.14. The average Bonchev–Trinajstić information content (AvgIpc) is 2.76. The Bertz CT molecular complexity index is 1120. The molecule has 0 bridgehead atoms. The van der Waals surface area contributed by atoms with Crippen molar-refractivity contribution in [2.45, 2.75) is 64.3 Å². The standard InChI is InChI=1S/C27H32O6/c1-26(2)23-13-17-9-15(6-7-16-10-19(28)18-5-4-8-32-22(18)12-16)11-20(29)24(17)33-27(23,3)14-21(30)25(26)31/h6-7,9-12,21,23,25,28-31H,4-5,8,13-14H2,1-3H3/b7-6+/t21-,23-,25-,27-/m1/s1. The molecule has 2 heterocycles. The number of rotatable bonds is 2. The third kappa shape index (κ3) is 3.65. The zero-order valence-corrected chi connectivity index (χ0v) is 19.3. The Morgan fingerprint density at radius 3 is 2.42 bits per heavy atom. The van der Waals surface area contributed by atoms with Crippen LogP contribution in [0.2, 0.25) is 0 Å². The minimum Gasteiger partial charge on any atom is -0.508 e. The molecular formula is C27H32O6. The molecule has 4 atom stereocenters. The lowest BCUT2D eigenvalue weighted by atomic mass is 9.57. The van der Waals surface area contributed by atoms with E-state index in [9.17, 15) is 20.4 Å². The summed E-state index contributed by atoms with van der Waals surface area (Å²) >= 11 is 0. The molecule has 2 aromatic carbocycles. The van der Waals surface area contributed by atoms with Crippen molar-refractivity contribution in [2.75, 3.05) is 6.61 Å². The van der Waals surface area contributed by atoms with Gasteiger partial charge in [-0.15, -0.1) is 0 Å². The number of ether oxygens (including phenoxy) is 2. The van der Waals surface area contributed by atoms with E-state index in [1.54, 1.807) is 12.1 Å². The molecular weight excluding hydrogens is 420 g/mol. The number of fused-ring (bicyclic) bond motifs is 3. The van der Waals surface area contributed by atoms with E-state index in [-0.39, 0.29) is 17.4 Å². The quantitative estimate of drug-likeness (QED) is 0.513. The third-order valence-electron chi connectivity index (χ3n) is 7.81. The molecule has 1 fully saturated rings. The topological polar surface area (TPSA) is 99.4 Å². The van der Waals surface area contributed by atoms with Gasteiger partial charge in [-0.1, -0.05) is 26.0 Å². The number of phenolic OH excluding ortho intramolecular Hbond substituents is 2. The van der Waals surface area contributed by atoms with Gasteiger partial charge in [-0.3, -0.25) is 0 Å². The van der Waals surface area contributed by atoms with Gasteiger partial charge in [0.2, 0.25) is 0 Å². The highest BCUT2D eigenvalue weighted by Gasteiger charge is 2.58. The molecule has 5 rings (SSSR count). The van der Waals surface area contributed by atoms with Crippen molar-refractivity contribution >= 4 is 12.2 Å². The van der Waals surface area contributed by atoms with Crippen LogP contribution in [0, 0.1) is 11.3 Å². The van der Waals surface area contributed by atoms with Crippen molar-refractivity contribution in [3.05, 3.63) is 46.5 Å². The lowest BCUT2D eigenvalue weighted by Crippen LogP contribution is -2.63. The number of hydrogen-bond donors (Lipinski definition) is 4. The number of aliphatic hydroxyl groups excluding tert-OH is 2. The molecule has 0 aromatic heterocycles. The van der Waals surface area contributed by atoms with Crippen LogP contribution < -0.4 is 9.47 Å². The molecule has 3 aliphatic rings. The molecule has 0 radical (unpaired) electrons. The van der Waals surface area contributed by atoms with Gasteiger partial charge in [0.15, 0.2) is 11.5 Å². The molecule has 2 aromatic rings. The van der Waals surface area contributed by atoms with E-state index in [2.05, 4.69) is 0 Å². The largest absolute Gasteiger partial charge is 0.508 e. The minimum atomic E-state index is -0.871. The lowest BCUT2D eigenvalue weighted by Gasteiger charge is -2.56. The van der Waals surface area contributed by atoms with E-state index in [4.69, 9.17) is 9.47 Å². The van der Waals surface area contributed by atoms with Gasteiger partial charge in [-0.05, 0) is 67.1 Å². The van der Waals surface area contributed by atoms with E-state index in [1.807, 2.05) is 45.1 Å². The second kappa shape index (κ2) is 7.67. The van der Waals surface area contributed by atoms with Crippen LogP contribution in [-0.2, 0) is 12.8 Å². The van der Waals surface area contributed by atoms with Crippen molar-refractivity contribution in [1.82, 2.24) is 0 Å². The normalized spacial score (nSPS) is 30.0. The maximum Gasteiger partial charge on any atom is 0.164 e. The van der Waals surface area contributed by atoms with E-state index >= 15 is 0 Å². The molecule has 1 aliphatic carbocycles. The number of benzene rings is 2. The summed E-state index contributed by atoms with van der Waals surface area (Å²) in [7, 11) is 0. The zero-order valence-electron chi connectivity index (χ0n) is 19.3. The summed E-state index contributed by atoms with van der Waals surface area (Å²) in [4.78, 5) is 0. The highest BCUT2D eigenvalue weighted by molar-refractivity contribution is 5.73. The number of phenols is 2. The maximum absolute atomic E-state index is 10.8. The molecule has 33 heavy (non-hydrogen) atoms. The first-order chi connectivity index (χ1) is 15.6. The summed E-state index contributed by atoms with van der Waals surface area (Å²) in [5.41, 5.74) is 2.14. The van der Waals surface area contributed by atoms with Crippen molar-refractivity contribution in [1.29, 1.82) is 0 Å². The summed E-state index contributed by atoms with van der Waals surface area (Å²) in [5, 5.41) is 42.2. The predicted octanol–water partition coefficient (Wildman–Crippen LogP) is 4.05. The van der Waals surface area contributed by atoms with Gasteiger partial charge in [0.25, 0.3) is 0 Å². The Morgan fingerprint density at radius 1 is 0.970 bits per heavy atom. The van der Waals surface area contributed by atoms with Gasteiger partial charge < -0.3 is 29.9 Å². The van der Waals surface area contributed by atoms with E-state index in [0.29, 0.717) is 25.2 Å². The van der Waals surface area contributed by atoms with Crippen LogP contribution in [-0.4, -0.2) is 44.8 Å². The van der Waals surface area contributed by atoms with Crippen LogP contribution >= 0.6 is 0 Å². The van der Waals surface area contributed by atoms with Crippen molar-refractivity contribution in [3.63, 3.8) is 0 Å². The second-order valence-electron chi connectivity index (χ2n) is 10.5. The van der Waals surface area contributed by atoms with Crippen LogP contribution in [0.15, 0.2) is 24.3 Å². The molecule has 2 aliphatic heterocycles. The molecule has 6 heteroatoms. The van der Waals surface area contributed by atoms with Crippen LogP contribution in [0.25, 0.3) is 12.2 Å². The third-order valence-corrected chi connectivity index (χ3v) is 7.81. The van der Waals surface area contributed by atoms with E-state index < -0.39 is 23.2 Å². The van der Waals surface area contributed by atoms with Crippen molar-refractivity contribution < 1.29 is 29.9 Å². The molecule has 0 unspecified atom stereocenters. The second-order valence-corrected chi connectivity index (χ2v) is 10.5. The highest BCUT2D eigenvalue weighted by atomic mass is 16.5. The zero-order chi connectivity index (χ0) is 23.5. The summed E-state index contributed by atoms with van der Waals surface area (Å²) in [5.74, 6) is 1.45. The highest BCUT2D eigenvalue weighted by Crippen LogP contribution is 2.54. The SMILES string of the molecule is CC1(C)[C@H](O)[C@H](O)C[C@@]2(C)Oc3c(O)cc(/C=C/c4cc(O)c5c(c4)OCCC5)cc3C[C@H]12. The van der Waals surface area contributed by atoms with Gasteiger partial charge >= 0.3 is 0 Å². The molecule has 6 nitrogen and oxygen atoms in total. The van der Waals surface area contributed by atoms with Gasteiger partial charge in [0.05, 0.1) is 18.8 Å². The summed E-state index contributed by atoms with van der Waals surface area (Å²) < 4.78 is 12.0. The van der Waals surface area contributed by atoms with Gasteiger partial charge in [-0.2, -0.15) is 0 Å². The van der Waals surface area contributed by atoms with Crippen LogP contribution in [0.3, 0.4) is 0 Å². The first-order valence-electron chi connectivity index (χ1n) is 11.7. The maximum atomic E-state index is 10.8. The van der Waals surface area contributed by atoms with Crippen LogP contribution in [0.1, 0.15) is 55.9 Å². The Labute approximate surface area is 194 Å². The van der Waals surface area contributed by atoms with E-state index in [0.717, 1.165) is 40.8 Å². The lowest BCUT2D eigenvalue weighted by molar-refractivity contribution is -0.187. The van der Waals surface area contributed by atoms with Crippen LogP contribution in [0.5, 0.6) is 23.0 Å². The first-order valence-corrected chi connectivity index (χ1v) is 11.7. The van der Waals surface area contributed by atoms with Crippen molar-refractivity contribution in [3.8, 4) is 23.0 Å². The summed E-state index contributed by atoms with van der Waals surface area (Å²) in [6.45, 7) is 6.53. The van der Waals surface area contributed by atoms with Gasteiger partial charge in [0.1, 0.15) is 17.1 Å². The van der Waals surface area contributed by atoms with Gasteiger partial charge in [0, 0.05) is 23.3 Å². The molecule has 176 valence electrons. The Balaban J connectivity index is 1.46. The fraction of sp³-hybridized carbons (Fsp3) is 0.481. The molecule has 1 saturated carbocycles. The van der Waals surface area contributed by atoms with Crippen LogP contribution in [0.4, 0.5) is 0 Å². The Morgan fingerprint density at radius 2 is 1.67 bits per heavy atom. The summed E-state index contributed by atoms with van der Waals surface area (Å²) in [6.07, 6.45) is 4.73. The molecule has 4 N–H and O–H groups in total. The Hall–Kier alpha value is -2.70. The number of hydrogen-bond acceptors (Lipinski definition) is 6. The minimum absolute atomic E-state index is 0.0238. The number of aliphatic hydroxyl groups is 2. The fourth-order valence-electron chi connectivity index (χ4n) is 6.02. The molecule has 0 saturated heterocycles.